The highest BCUT2D eigenvalue weighted by Gasteiger charge is 2.20. The monoisotopic (exact) mass is 270 g/mol. The highest BCUT2D eigenvalue weighted by atomic mass is 19.3. The molecule has 0 radical (unpaired) electrons. The third-order valence-electron chi connectivity index (χ3n) is 3.48. The van der Waals surface area contributed by atoms with Crippen molar-refractivity contribution in [2.24, 2.45) is 5.92 Å². The Kier molecular flexibility index (Phi) is 4.58. The van der Waals surface area contributed by atoms with Crippen molar-refractivity contribution < 1.29 is 13.5 Å². The van der Waals surface area contributed by atoms with Gasteiger partial charge in [0.1, 0.15) is 0 Å². The largest absolute Gasteiger partial charge is 0.399 e. The molecular weight excluding hydrogens is 250 g/mol. The van der Waals surface area contributed by atoms with Crippen molar-refractivity contribution in [2.75, 3.05) is 37.4 Å². The summed E-state index contributed by atoms with van der Waals surface area (Å²) in [6, 6.07) is 4.68. The third-order valence-corrected chi connectivity index (χ3v) is 3.48. The minimum atomic E-state index is -2.51. The van der Waals surface area contributed by atoms with Gasteiger partial charge in [0.2, 0.25) is 0 Å². The molecule has 0 saturated carbocycles. The van der Waals surface area contributed by atoms with Gasteiger partial charge < -0.3 is 15.4 Å². The number of anilines is 2. The van der Waals surface area contributed by atoms with Crippen LogP contribution in [0.1, 0.15) is 24.8 Å². The van der Waals surface area contributed by atoms with E-state index in [1.54, 1.807) is 12.1 Å². The van der Waals surface area contributed by atoms with E-state index >= 15 is 0 Å². The van der Waals surface area contributed by atoms with Gasteiger partial charge in [-0.3, -0.25) is 0 Å². The molecule has 1 unspecified atom stereocenters. The molecule has 1 atom stereocenters. The van der Waals surface area contributed by atoms with E-state index in [4.69, 9.17) is 10.5 Å². The molecule has 1 aliphatic rings. The summed E-state index contributed by atoms with van der Waals surface area (Å²) in [4.78, 5) is 1.88. The van der Waals surface area contributed by atoms with Crippen LogP contribution in [-0.2, 0) is 4.74 Å². The van der Waals surface area contributed by atoms with Crippen LogP contribution < -0.4 is 10.6 Å². The zero-order valence-electron chi connectivity index (χ0n) is 11.1. The number of hydrogen-bond donors (Lipinski definition) is 1. The molecule has 1 saturated heterocycles. The molecular formula is C14H20F2N2O. The number of halogens is 2. The lowest BCUT2D eigenvalue weighted by atomic mass is 10.0. The molecule has 0 aromatic heterocycles. The summed E-state index contributed by atoms with van der Waals surface area (Å²) in [5.41, 5.74) is 6.50. The van der Waals surface area contributed by atoms with Gasteiger partial charge in [0.25, 0.3) is 6.43 Å². The van der Waals surface area contributed by atoms with Crippen LogP contribution in [0, 0.1) is 5.92 Å². The smallest absolute Gasteiger partial charge is 0.265 e. The van der Waals surface area contributed by atoms with E-state index in [0.717, 1.165) is 26.0 Å². The van der Waals surface area contributed by atoms with E-state index in [0.29, 0.717) is 23.9 Å². The number of benzene rings is 1. The zero-order valence-corrected chi connectivity index (χ0v) is 11.1. The molecule has 3 nitrogen and oxygen atoms in total. The average Bonchev–Trinajstić information content (AvgIpc) is 2.39. The topological polar surface area (TPSA) is 38.5 Å². The molecule has 1 aromatic rings. The van der Waals surface area contributed by atoms with Crippen molar-refractivity contribution in [3.8, 4) is 0 Å². The molecule has 0 spiro atoms. The molecule has 0 aliphatic carbocycles. The third kappa shape index (κ3) is 3.56. The van der Waals surface area contributed by atoms with E-state index < -0.39 is 6.43 Å². The summed E-state index contributed by atoms with van der Waals surface area (Å²) in [5, 5.41) is 0. The summed E-state index contributed by atoms with van der Waals surface area (Å²) in [6.45, 7) is 2.25. The Morgan fingerprint density at radius 1 is 1.47 bits per heavy atom. The van der Waals surface area contributed by atoms with Gasteiger partial charge >= 0.3 is 0 Å². The molecule has 0 bridgehead atoms. The number of nitrogens with zero attached hydrogens (tertiary/aromatic N) is 1. The maximum Gasteiger partial charge on any atom is 0.265 e. The van der Waals surface area contributed by atoms with Gasteiger partial charge in [-0.2, -0.15) is 0 Å². The van der Waals surface area contributed by atoms with Crippen molar-refractivity contribution in [3.05, 3.63) is 23.8 Å². The molecule has 1 fully saturated rings. The van der Waals surface area contributed by atoms with Crippen LogP contribution in [0.15, 0.2) is 18.2 Å². The van der Waals surface area contributed by atoms with Crippen molar-refractivity contribution in [2.45, 2.75) is 19.3 Å². The van der Waals surface area contributed by atoms with E-state index in [1.165, 1.54) is 6.07 Å². The van der Waals surface area contributed by atoms with Crippen LogP contribution in [0.3, 0.4) is 0 Å². The van der Waals surface area contributed by atoms with Gasteiger partial charge in [-0.15, -0.1) is 0 Å². The van der Waals surface area contributed by atoms with Gasteiger partial charge in [0.15, 0.2) is 0 Å². The Morgan fingerprint density at radius 2 is 2.26 bits per heavy atom. The number of rotatable bonds is 4. The molecule has 5 heteroatoms. The van der Waals surface area contributed by atoms with E-state index in [-0.39, 0.29) is 5.56 Å². The number of hydrogen-bond acceptors (Lipinski definition) is 3. The van der Waals surface area contributed by atoms with Crippen molar-refractivity contribution in [3.63, 3.8) is 0 Å². The molecule has 1 heterocycles. The summed E-state index contributed by atoms with van der Waals surface area (Å²) in [7, 11) is 1.84. The molecule has 1 aromatic carbocycles. The fourth-order valence-corrected chi connectivity index (χ4v) is 2.53. The van der Waals surface area contributed by atoms with Crippen LogP contribution in [0.5, 0.6) is 0 Å². The van der Waals surface area contributed by atoms with Crippen LogP contribution in [0.25, 0.3) is 0 Å². The van der Waals surface area contributed by atoms with Gasteiger partial charge in [0.05, 0.1) is 6.61 Å². The number of nitrogen functional groups attached to an aromatic ring is 1. The lowest BCUT2D eigenvalue weighted by Gasteiger charge is -2.29. The molecule has 106 valence electrons. The van der Waals surface area contributed by atoms with E-state index in [9.17, 15) is 8.78 Å². The van der Waals surface area contributed by atoms with Crippen molar-refractivity contribution in [1.29, 1.82) is 0 Å². The molecule has 1 aliphatic heterocycles. The minimum Gasteiger partial charge on any atom is -0.399 e. The second-order valence-electron chi connectivity index (χ2n) is 5.08. The lowest BCUT2D eigenvalue weighted by molar-refractivity contribution is 0.0576. The summed E-state index contributed by atoms with van der Waals surface area (Å²) < 4.78 is 31.5. The number of ether oxygens (including phenoxy) is 1. The number of alkyl halides is 2. The normalized spacial score (nSPS) is 19.7. The Hall–Kier alpha value is -1.36. The van der Waals surface area contributed by atoms with Crippen LogP contribution in [-0.4, -0.2) is 26.8 Å². The quantitative estimate of drug-likeness (QED) is 0.855. The second-order valence-corrected chi connectivity index (χ2v) is 5.08. The van der Waals surface area contributed by atoms with Crippen LogP contribution >= 0.6 is 0 Å². The molecule has 19 heavy (non-hydrogen) atoms. The lowest BCUT2D eigenvalue weighted by Crippen LogP contribution is -2.31. The Labute approximate surface area is 112 Å². The minimum absolute atomic E-state index is 0.000715. The van der Waals surface area contributed by atoms with Crippen molar-refractivity contribution >= 4 is 11.4 Å². The zero-order chi connectivity index (χ0) is 13.8. The predicted octanol–water partition coefficient (Wildman–Crippen LogP) is 3.07. The maximum atomic E-state index is 13.0. The second kappa shape index (κ2) is 6.19. The summed E-state index contributed by atoms with van der Waals surface area (Å²) >= 11 is 0. The highest BCUT2D eigenvalue weighted by molar-refractivity contribution is 5.59. The standard InChI is InChI=1S/C14H20F2N2O/c1-18(8-10-3-2-6-19-9-10)13-5-4-11(17)7-12(13)14(15)16/h4-5,7,10,14H,2-3,6,8-9,17H2,1H3. The van der Waals surface area contributed by atoms with Gasteiger partial charge in [-0.1, -0.05) is 0 Å². The first kappa shape index (κ1) is 14.1. The molecule has 2 N–H and O–H groups in total. The molecule has 2 rings (SSSR count). The van der Waals surface area contributed by atoms with E-state index in [2.05, 4.69) is 0 Å². The van der Waals surface area contributed by atoms with Crippen LogP contribution in [0.2, 0.25) is 0 Å². The number of nitrogens with two attached hydrogens (primary N) is 1. The predicted molar refractivity (Wildman–Crippen MR) is 72.6 cm³/mol. The average molecular weight is 270 g/mol. The van der Waals surface area contributed by atoms with Crippen molar-refractivity contribution in [1.82, 2.24) is 0 Å². The highest BCUT2D eigenvalue weighted by Crippen LogP contribution is 2.31. The van der Waals surface area contributed by atoms with Crippen LogP contribution in [0.4, 0.5) is 20.2 Å². The molecule has 0 amide bonds. The first-order chi connectivity index (χ1) is 9.08. The Bertz CT molecular complexity index is 420. The fourth-order valence-electron chi connectivity index (χ4n) is 2.53. The Balaban J connectivity index is 2.11. The fraction of sp³-hybridized carbons (Fsp3) is 0.571. The van der Waals surface area contributed by atoms with Gasteiger partial charge in [-0.25, -0.2) is 8.78 Å². The summed E-state index contributed by atoms with van der Waals surface area (Å²) in [5.74, 6) is 0.404. The van der Waals surface area contributed by atoms with Gasteiger partial charge in [-0.05, 0) is 37.0 Å². The van der Waals surface area contributed by atoms with E-state index in [1.807, 2.05) is 11.9 Å². The van der Waals surface area contributed by atoms with Gasteiger partial charge in [0, 0.05) is 37.1 Å². The SMILES string of the molecule is CN(CC1CCCOC1)c1ccc(N)cc1C(F)F. The first-order valence-electron chi connectivity index (χ1n) is 6.54. The Morgan fingerprint density at radius 3 is 2.89 bits per heavy atom. The first-order valence-corrected chi connectivity index (χ1v) is 6.54. The summed E-state index contributed by atoms with van der Waals surface area (Å²) in [6.07, 6.45) is -0.380. The maximum absolute atomic E-state index is 13.0.